The fourth-order valence-corrected chi connectivity index (χ4v) is 1.61. The van der Waals surface area contributed by atoms with Crippen molar-refractivity contribution in [1.29, 1.82) is 0 Å². The fourth-order valence-electron chi connectivity index (χ4n) is 1.61. The van der Waals surface area contributed by atoms with Crippen LogP contribution in [0.2, 0.25) is 0 Å². The molecule has 3 aromatic rings. The third-order valence-corrected chi connectivity index (χ3v) is 2.30. The maximum Gasteiger partial charge on any atom is 0.292 e. The molecule has 2 heterocycles. The van der Waals surface area contributed by atoms with Gasteiger partial charge in [0.15, 0.2) is 17.2 Å². The van der Waals surface area contributed by atoms with E-state index >= 15 is 0 Å². The number of anilines is 1. The van der Waals surface area contributed by atoms with Gasteiger partial charge in [-0.3, -0.25) is 0 Å². The van der Waals surface area contributed by atoms with Crippen molar-refractivity contribution in [2.45, 2.75) is 6.92 Å². The highest BCUT2D eigenvalue weighted by Gasteiger charge is 2.07. The lowest BCUT2D eigenvalue weighted by molar-refractivity contribution is 0.560. The second kappa shape index (κ2) is 3.10. The highest BCUT2D eigenvalue weighted by molar-refractivity contribution is 5.78. The van der Waals surface area contributed by atoms with Crippen molar-refractivity contribution >= 4 is 17.1 Å². The minimum Gasteiger partial charge on any atom is -0.441 e. The number of rotatable bonds is 1. The lowest BCUT2D eigenvalue weighted by atomic mass is 10.2. The summed E-state index contributed by atoms with van der Waals surface area (Å²) < 4.78 is 10.7. The zero-order chi connectivity index (χ0) is 11.1. The molecule has 0 atom stereocenters. The van der Waals surface area contributed by atoms with Gasteiger partial charge in [-0.2, -0.15) is 0 Å². The van der Waals surface area contributed by atoms with E-state index in [-0.39, 0.29) is 6.01 Å². The van der Waals surface area contributed by atoms with Crippen LogP contribution in [0.15, 0.2) is 33.2 Å². The Hall–Kier alpha value is -2.30. The zero-order valence-electron chi connectivity index (χ0n) is 8.60. The average molecular weight is 215 g/mol. The zero-order valence-corrected chi connectivity index (χ0v) is 8.60. The number of oxazole rings is 2. The summed E-state index contributed by atoms with van der Waals surface area (Å²) in [6.07, 6.45) is 1.58. The number of aryl methyl sites for hydroxylation is 1. The summed E-state index contributed by atoms with van der Waals surface area (Å²) in [5.74, 6) is 1.26. The van der Waals surface area contributed by atoms with Gasteiger partial charge in [-0.15, -0.1) is 0 Å². The topological polar surface area (TPSA) is 78.1 Å². The summed E-state index contributed by atoms with van der Waals surface area (Å²) in [6, 6.07) is 5.78. The molecule has 0 saturated carbocycles. The summed E-state index contributed by atoms with van der Waals surface area (Å²) in [5.41, 5.74) is 7.84. The van der Waals surface area contributed by atoms with Crippen molar-refractivity contribution in [2.24, 2.45) is 0 Å². The van der Waals surface area contributed by atoms with Crippen molar-refractivity contribution in [3.8, 4) is 11.3 Å². The van der Waals surface area contributed by atoms with E-state index in [9.17, 15) is 0 Å². The van der Waals surface area contributed by atoms with E-state index in [4.69, 9.17) is 14.6 Å². The van der Waals surface area contributed by atoms with Gasteiger partial charge < -0.3 is 14.6 Å². The first kappa shape index (κ1) is 8.96. The largest absolute Gasteiger partial charge is 0.441 e. The van der Waals surface area contributed by atoms with Gasteiger partial charge >= 0.3 is 0 Å². The van der Waals surface area contributed by atoms with Crippen LogP contribution in [0.5, 0.6) is 0 Å². The Morgan fingerprint density at radius 1 is 1.25 bits per heavy atom. The molecule has 16 heavy (non-hydrogen) atoms. The van der Waals surface area contributed by atoms with Crippen LogP contribution in [0, 0.1) is 6.92 Å². The number of nitrogens with two attached hydrogens (primary N) is 1. The van der Waals surface area contributed by atoms with Gasteiger partial charge in [-0.25, -0.2) is 9.97 Å². The Kier molecular flexibility index (Phi) is 1.73. The summed E-state index contributed by atoms with van der Waals surface area (Å²) >= 11 is 0. The number of hydrogen-bond acceptors (Lipinski definition) is 5. The monoisotopic (exact) mass is 215 g/mol. The molecule has 0 radical (unpaired) electrons. The molecule has 0 aliphatic rings. The minimum atomic E-state index is 0.156. The molecule has 0 aliphatic carbocycles. The maximum absolute atomic E-state index is 5.43. The molecule has 0 aliphatic heterocycles. The highest BCUT2D eigenvalue weighted by Crippen LogP contribution is 2.25. The standard InChI is InChI=1S/C11H9N3O2/c1-6-14-8-3-2-7(4-9(8)15-6)10-5-13-11(12)16-10/h2-5H,1H3,(H2,12,13). The van der Waals surface area contributed by atoms with Crippen molar-refractivity contribution in [3.63, 3.8) is 0 Å². The van der Waals surface area contributed by atoms with E-state index in [1.54, 1.807) is 6.20 Å². The third kappa shape index (κ3) is 1.33. The third-order valence-electron chi connectivity index (χ3n) is 2.30. The van der Waals surface area contributed by atoms with E-state index in [1.165, 1.54) is 0 Å². The molecule has 5 heteroatoms. The second-order valence-electron chi connectivity index (χ2n) is 3.48. The Balaban J connectivity index is 2.17. The molecule has 3 rings (SSSR count). The summed E-state index contributed by atoms with van der Waals surface area (Å²) in [5, 5.41) is 0. The van der Waals surface area contributed by atoms with E-state index in [2.05, 4.69) is 9.97 Å². The molecule has 1 aromatic carbocycles. The molecule has 80 valence electrons. The van der Waals surface area contributed by atoms with Crippen molar-refractivity contribution < 1.29 is 8.83 Å². The Bertz CT molecular complexity index is 654. The maximum atomic E-state index is 5.43. The number of aromatic nitrogens is 2. The van der Waals surface area contributed by atoms with Gasteiger partial charge in [0.05, 0.1) is 6.20 Å². The number of hydrogen-bond donors (Lipinski definition) is 1. The van der Waals surface area contributed by atoms with Gasteiger partial charge in [0.2, 0.25) is 0 Å². The summed E-state index contributed by atoms with van der Waals surface area (Å²) in [4.78, 5) is 8.06. The smallest absolute Gasteiger partial charge is 0.292 e. The molecule has 0 saturated heterocycles. The average Bonchev–Trinajstić information content (AvgIpc) is 2.81. The lowest BCUT2D eigenvalue weighted by Gasteiger charge is -1.94. The lowest BCUT2D eigenvalue weighted by Crippen LogP contribution is -1.80. The molecular weight excluding hydrogens is 206 g/mol. The normalized spacial score (nSPS) is 11.1. The first-order chi connectivity index (χ1) is 7.72. The van der Waals surface area contributed by atoms with E-state index < -0.39 is 0 Å². The van der Waals surface area contributed by atoms with Crippen molar-refractivity contribution in [1.82, 2.24) is 9.97 Å². The van der Waals surface area contributed by atoms with Crippen LogP contribution in [-0.4, -0.2) is 9.97 Å². The Morgan fingerprint density at radius 2 is 2.12 bits per heavy atom. The quantitative estimate of drug-likeness (QED) is 0.674. The Labute approximate surface area is 90.9 Å². The molecule has 0 unspecified atom stereocenters. The molecule has 0 fully saturated rings. The number of fused-ring (bicyclic) bond motifs is 1. The van der Waals surface area contributed by atoms with Crippen LogP contribution in [0.3, 0.4) is 0 Å². The SMILES string of the molecule is Cc1nc2ccc(-c3cnc(N)o3)cc2o1. The van der Waals surface area contributed by atoms with Crippen LogP contribution in [0.25, 0.3) is 22.4 Å². The minimum absolute atomic E-state index is 0.156. The number of benzene rings is 1. The Morgan fingerprint density at radius 3 is 2.88 bits per heavy atom. The van der Waals surface area contributed by atoms with Gasteiger partial charge in [-0.05, 0) is 18.2 Å². The van der Waals surface area contributed by atoms with Crippen LogP contribution < -0.4 is 5.73 Å². The molecule has 2 N–H and O–H groups in total. The van der Waals surface area contributed by atoms with Gasteiger partial charge in [0, 0.05) is 12.5 Å². The van der Waals surface area contributed by atoms with Crippen LogP contribution in [0.1, 0.15) is 5.89 Å². The molecule has 0 spiro atoms. The molecule has 0 bridgehead atoms. The van der Waals surface area contributed by atoms with Crippen LogP contribution in [-0.2, 0) is 0 Å². The van der Waals surface area contributed by atoms with Crippen molar-refractivity contribution in [3.05, 3.63) is 30.3 Å². The van der Waals surface area contributed by atoms with Crippen LogP contribution >= 0.6 is 0 Å². The van der Waals surface area contributed by atoms with E-state index in [0.29, 0.717) is 11.7 Å². The summed E-state index contributed by atoms with van der Waals surface area (Å²) in [7, 11) is 0. The first-order valence-corrected chi connectivity index (χ1v) is 4.81. The van der Waals surface area contributed by atoms with E-state index in [0.717, 1.165) is 16.7 Å². The second-order valence-corrected chi connectivity index (χ2v) is 3.48. The van der Waals surface area contributed by atoms with Gasteiger partial charge in [-0.1, -0.05) is 0 Å². The van der Waals surface area contributed by atoms with Crippen molar-refractivity contribution in [2.75, 3.05) is 5.73 Å². The van der Waals surface area contributed by atoms with E-state index in [1.807, 2.05) is 25.1 Å². The molecular formula is C11H9N3O2. The predicted molar refractivity (Wildman–Crippen MR) is 58.7 cm³/mol. The molecule has 0 amide bonds. The first-order valence-electron chi connectivity index (χ1n) is 4.81. The van der Waals surface area contributed by atoms with Gasteiger partial charge in [0.1, 0.15) is 5.52 Å². The molecule has 2 aromatic heterocycles. The highest BCUT2D eigenvalue weighted by atomic mass is 16.4. The molecule has 5 nitrogen and oxygen atoms in total. The predicted octanol–water partition coefficient (Wildman–Crippen LogP) is 2.37. The summed E-state index contributed by atoms with van der Waals surface area (Å²) in [6.45, 7) is 1.81. The number of nitrogen functional groups attached to an aromatic ring is 1. The number of nitrogens with zero attached hydrogens (tertiary/aromatic N) is 2. The fraction of sp³-hybridized carbons (Fsp3) is 0.0909. The van der Waals surface area contributed by atoms with Crippen LogP contribution in [0.4, 0.5) is 6.01 Å². The van der Waals surface area contributed by atoms with Gasteiger partial charge in [0.25, 0.3) is 6.01 Å².